The molecule has 2 rings (SSSR count). The van der Waals surface area contributed by atoms with Crippen LogP contribution in [0.1, 0.15) is 23.7 Å². The SMILES string of the molecule is CCC1C(=O)NCCN1C(=O)c1cnc(NC)c(Cl)c1. The van der Waals surface area contributed by atoms with Crippen LogP contribution in [0.4, 0.5) is 5.82 Å². The van der Waals surface area contributed by atoms with Gasteiger partial charge in [0.1, 0.15) is 11.9 Å². The molecule has 1 aromatic rings. The van der Waals surface area contributed by atoms with E-state index in [0.717, 1.165) is 0 Å². The predicted octanol–water partition coefficient (Wildman–Crippen LogP) is 1.13. The number of amides is 2. The van der Waals surface area contributed by atoms with Crippen LogP contribution in [0.2, 0.25) is 5.02 Å². The van der Waals surface area contributed by atoms with Gasteiger partial charge in [0.05, 0.1) is 10.6 Å². The van der Waals surface area contributed by atoms with Crippen LogP contribution in [0, 0.1) is 0 Å². The quantitative estimate of drug-likeness (QED) is 0.877. The molecule has 1 aromatic heterocycles. The molecule has 1 fully saturated rings. The first-order valence-corrected chi connectivity index (χ1v) is 6.88. The third-order valence-electron chi connectivity index (χ3n) is 3.30. The van der Waals surface area contributed by atoms with Crippen LogP contribution in [0.25, 0.3) is 0 Å². The molecule has 2 amide bonds. The highest BCUT2D eigenvalue weighted by molar-refractivity contribution is 6.33. The fourth-order valence-corrected chi connectivity index (χ4v) is 2.53. The molecule has 0 spiro atoms. The van der Waals surface area contributed by atoms with E-state index in [1.54, 1.807) is 18.0 Å². The Morgan fingerprint density at radius 2 is 2.40 bits per heavy atom. The lowest BCUT2D eigenvalue weighted by Gasteiger charge is -2.34. The number of carbonyl (C=O) groups is 2. The summed E-state index contributed by atoms with van der Waals surface area (Å²) in [5, 5.41) is 5.98. The minimum atomic E-state index is -0.431. The lowest BCUT2D eigenvalue weighted by Crippen LogP contribution is -2.56. The number of nitrogens with one attached hydrogen (secondary N) is 2. The molecule has 0 aliphatic carbocycles. The number of hydrogen-bond acceptors (Lipinski definition) is 4. The van der Waals surface area contributed by atoms with Gasteiger partial charge in [-0.25, -0.2) is 4.98 Å². The number of piperazine rings is 1. The standard InChI is InChI=1S/C13H17ClN4O2/c1-3-10-12(19)16-4-5-18(10)13(20)8-6-9(14)11(15-2)17-7-8/h6-7,10H,3-5H2,1-2H3,(H,15,17)(H,16,19). The van der Waals surface area contributed by atoms with E-state index in [-0.39, 0.29) is 11.8 Å². The summed E-state index contributed by atoms with van der Waals surface area (Å²) in [4.78, 5) is 29.9. The van der Waals surface area contributed by atoms with E-state index in [9.17, 15) is 9.59 Å². The molecule has 108 valence electrons. The fraction of sp³-hybridized carbons (Fsp3) is 0.462. The molecule has 20 heavy (non-hydrogen) atoms. The zero-order valence-corrected chi connectivity index (χ0v) is 12.2. The molecule has 0 saturated carbocycles. The molecule has 2 N–H and O–H groups in total. The summed E-state index contributed by atoms with van der Waals surface area (Å²) in [6.45, 7) is 2.84. The first kappa shape index (κ1) is 14.6. The molecule has 1 atom stereocenters. The number of anilines is 1. The van der Waals surface area contributed by atoms with E-state index < -0.39 is 6.04 Å². The number of carbonyl (C=O) groups excluding carboxylic acids is 2. The Hall–Kier alpha value is -1.82. The lowest BCUT2D eigenvalue weighted by molar-refractivity contribution is -0.127. The van der Waals surface area contributed by atoms with Crippen LogP contribution < -0.4 is 10.6 Å². The van der Waals surface area contributed by atoms with E-state index in [2.05, 4.69) is 15.6 Å². The molecule has 2 heterocycles. The van der Waals surface area contributed by atoms with E-state index in [1.165, 1.54) is 6.20 Å². The zero-order valence-electron chi connectivity index (χ0n) is 11.4. The second kappa shape index (κ2) is 6.09. The maximum absolute atomic E-state index is 12.5. The van der Waals surface area contributed by atoms with E-state index in [0.29, 0.717) is 35.9 Å². The van der Waals surface area contributed by atoms with Gasteiger partial charge >= 0.3 is 0 Å². The number of hydrogen-bond donors (Lipinski definition) is 2. The van der Waals surface area contributed by atoms with E-state index in [1.807, 2.05) is 6.92 Å². The van der Waals surface area contributed by atoms with Gasteiger partial charge in [-0.15, -0.1) is 0 Å². The smallest absolute Gasteiger partial charge is 0.256 e. The zero-order chi connectivity index (χ0) is 14.7. The summed E-state index contributed by atoms with van der Waals surface area (Å²) >= 11 is 6.04. The largest absolute Gasteiger partial charge is 0.372 e. The first-order chi connectivity index (χ1) is 9.58. The molecule has 1 saturated heterocycles. The molecular formula is C13H17ClN4O2. The van der Waals surface area contributed by atoms with Gasteiger partial charge in [-0.1, -0.05) is 18.5 Å². The van der Waals surface area contributed by atoms with Crippen LogP contribution >= 0.6 is 11.6 Å². The van der Waals surface area contributed by atoms with Gasteiger partial charge in [-0.3, -0.25) is 9.59 Å². The van der Waals surface area contributed by atoms with Crippen LogP contribution in [0.15, 0.2) is 12.3 Å². The van der Waals surface area contributed by atoms with Crippen molar-refractivity contribution in [2.75, 3.05) is 25.5 Å². The molecule has 7 heteroatoms. The highest BCUT2D eigenvalue weighted by Crippen LogP contribution is 2.21. The molecule has 0 aromatic carbocycles. The summed E-state index contributed by atoms with van der Waals surface area (Å²) < 4.78 is 0. The van der Waals surface area contributed by atoms with Gasteiger partial charge in [0.2, 0.25) is 5.91 Å². The number of nitrogens with zero attached hydrogens (tertiary/aromatic N) is 2. The van der Waals surface area contributed by atoms with Crippen molar-refractivity contribution in [3.05, 3.63) is 22.8 Å². The lowest BCUT2D eigenvalue weighted by atomic mass is 10.1. The second-order valence-electron chi connectivity index (χ2n) is 4.52. The van der Waals surface area contributed by atoms with Gasteiger partial charge in [-0.05, 0) is 12.5 Å². The second-order valence-corrected chi connectivity index (χ2v) is 4.93. The monoisotopic (exact) mass is 296 g/mol. The van der Waals surface area contributed by atoms with Gasteiger partial charge < -0.3 is 15.5 Å². The summed E-state index contributed by atoms with van der Waals surface area (Å²) in [5.74, 6) is 0.188. The van der Waals surface area contributed by atoms with Gasteiger partial charge in [0.15, 0.2) is 0 Å². The topological polar surface area (TPSA) is 74.3 Å². The van der Waals surface area contributed by atoms with Gasteiger partial charge in [0, 0.05) is 26.3 Å². The van der Waals surface area contributed by atoms with Gasteiger partial charge in [0.25, 0.3) is 5.91 Å². The molecule has 1 aliphatic rings. The van der Waals surface area contributed by atoms with Crippen LogP contribution in [0.3, 0.4) is 0 Å². The van der Waals surface area contributed by atoms with E-state index in [4.69, 9.17) is 11.6 Å². The highest BCUT2D eigenvalue weighted by Gasteiger charge is 2.32. The maximum atomic E-state index is 12.5. The highest BCUT2D eigenvalue weighted by atomic mass is 35.5. The summed E-state index contributed by atoms with van der Waals surface area (Å²) in [6, 6.07) is 1.14. The molecular weight excluding hydrogens is 280 g/mol. The minimum absolute atomic E-state index is 0.113. The Morgan fingerprint density at radius 1 is 1.65 bits per heavy atom. The van der Waals surface area contributed by atoms with Crippen molar-refractivity contribution in [1.82, 2.24) is 15.2 Å². The number of aromatic nitrogens is 1. The number of halogens is 1. The Balaban J connectivity index is 2.25. The molecule has 1 unspecified atom stereocenters. The number of pyridine rings is 1. The number of rotatable bonds is 3. The molecule has 6 nitrogen and oxygen atoms in total. The van der Waals surface area contributed by atoms with Crippen molar-refractivity contribution in [1.29, 1.82) is 0 Å². The third-order valence-corrected chi connectivity index (χ3v) is 3.59. The average Bonchev–Trinajstić information content (AvgIpc) is 2.46. The Kier molecular flexibility index (Phi) is 4.44. The Labute approximate surface area is 122 Å². The van der Waals surface area contributed by atoms with Crippen molar-refractivity contribution in [2.24, 2.45) is 0 Å². The normalized spacial score (nSPS) is 18.6. The molecule has 0 radical (unpaired) electrons. The minimum Gasteiger partial charge on any atom is -0.372 e. The van der Waals surface area contributed by atoms with Crippen LogP contribution in [0.5, 0.6) is 0 Å². The Bertz CT molecular complexity index is 535. The predicted molar refractivity (Wildman–Crippen MR) is 76.9 cm³/mol. The van der Waals surface area contributed by atoms with Gasteiger partial charge in [-0.2, -0.15) is 0 Å². The Morgan fingerprint density at radius 3 is 3.00 bits per heavy atom. The van der Waals surface area contributed by atoms with E-state index >= 15 is 0 Å². The van der Waals surface area contributed by atoms with Crippen LogP contribution in [-0.4, -0.2) is 47.9 Å². The summed E-state index contributed by atoms with van der Waals surface area (Å²) in [5.41, 5.74) is 0.391. The van der Waals surface area contributed by atoms with Crippen molar-refractivity contribution >= 4 is 29.2 Å². The van der Waals surface area contributed by atoms with Crippen molar-refractivity contribution in [2.45, 2.75) is 19.4 Å². The summed E-state index contributed by atoms with van der Waals surface area (Å²) in [7, 11) is 1.71. The van der Waals surface area contributed by atoms with Crippen molar-refractivity contribution in [3.8, 4) is 0 Å². The van der Waals surface area contributed by atoms with Crippen molar-refractivity contribution in [3.63, 3.8) is 0 Å². The summed E-state index contributed by atoms with van der Waals surface area (Å²) in [6.07, 6.45) is 2.05. The third kappa shape index (κ3) is 2.70. The van der Waals surface area contributed by atoms with Crippen molar-refractivity contribution < 1.29 is 9.59 Å². The fourth-order valence-electron chi connectivity index (χ4n) is 2.27. The first-order valence-electron chi connectivity index (χ1n) is 6.50. The van der Waals surface area contributed by atoms with Crippen LogP contribution in [-0.2, 0) is 4.79 Å². The average molecular weight is 297 g/mol. The molecule has 0 bridgehead atoms. The molecule has 1 aliphatic heterocycles. The maximum Gasteiger partial charge on any atom is 0.256 e.